The Hall–Kier alpha value is -3.99. The predicted molar refractivity (Wildman–Crippen MR) is 130 cm³/mol. The maximum Gasteiger partial charge on any atom is 0.231 e. The predicted octanol–water partition coefficient (Wildman–Crippen LogP) is 4.06. The second-order valence-corrected chi connectivity index (χ2v) is 8.49. The van der Waals surface area contributed by atoms with Crippen LogP contribution in [-0.4, -0.2) is 56.7 Å². The average molecular weight is 477 g/mol. The van der Waals surface area contributed by atoms with Crippen LogP contribution in [0.25, 0.3) is 11.4 Å². The van der Waals surface area contributed by atoms with Crippen molar-refractivity contribution < 1.29 is 14.0 Å². The minimum Gasteiger partial charge on any atom is -0.475 e. The number of nitrogens with one attached hydrogen (secondary N) is 2. The van der Waals surface area contributed by atoms with Gasteiger partial charge in [-0.2, -0.15) is 15.1 Å². The molecule has 1 aliphatic heterocycles. The molecule has 1 fully saturated rings. The largest absolute Gasteiger partial charge is 0.475 e. The fraction of sp³-hybridized carbons (Fsp3) is 0.375. The number of hydrogen-bond acceptors (Lipinski definition) is 10. The van der Waals surface area contributed by atoms with E-state index < -0.39 is 0 Å². The van der Waals surface area contributed by atoms with E-state index in [0.29, 0.717) is 35.8 Å². The quantitative estimate of drug-likeness (QED) is 0.365. The van der Waals surface area contributed by atoms with Gasteiger partial charge in [0, 0.05) is 43.7 Å². The molecule has 11 nitrogen and oxygen atoms in total. The standard InChI is InChI=1S/C24H28N8O3/c1-15-11-22(30-29-15)26-21-13-23(34-14-16(2)33-3)28-24(27-21)32-10-6-8-19(32)20-12-18(31-35-20)17-7-4-5-9-25-17/h4-5,7,9,11-13,16,19H,6,8,10,14H2,1-3H3,(H2,26,27,28,29,30)/t16-,19?/m0/s1. The summed E-state index contributed by atoms with van der Waals surface area (Å²) >= 11 is 0. The second-order valence-electron chi connectivity index (χ2n) is 8.49. The Morgan fingerprint density at radius 3 is 2.89 bits per heavy atom. The topological polar surface area (TPSA) is 127 Å². The Kier molecular flexibility index (Phi) is 6.57. The molecule has 0 amide bonds. The average Bonchev–Trinajstić information content (AvgIpc) is 3.64. The van der Waals surface area contributed by atoms with Gasteiger partial charge >= 0.3 is 0 Å². The van der Waals surface area contributed by atoms with Crippen molar-refractivity contribution in [2.24, 2.45) is 0 Å². The van der Waals surface area contributed by atoms with E-state index in [1.165, 1.54) is 0 Å². The van der Waals surface area contributed by atoms with Crippen LogP contribution in [0.3, 0.4) is 0 Å². The van der Waals surface area contributed by atoms with Crippen molar-refractivity contribution in [1.29, 1.82) is 0 Å². The van der Waals surface area contributed by atoms with Gasteiger partial charge in [0.15, 0.2) is 11.6 Å². The first-order valence-corrected chi connectivity index (χ1v) is 11.6. The second kappa shape index (κ2) is 10.1. The van der Waals surface area contributed by atoms with Gasteiger partial charge < -0.3 is 24.2 Å². The van der Waals surface area contributed by atoms with E-state index in [0.717, 1.165) is 36.5 Å². The lowest BCUT2D eigenvalue weighted by molar-refractivity contribution is 0.0699. The number of rotatable bonds is 9. The van der Waals surface area contributed by atoms with E-state index in [9.17, 15) is 0 Å². The zero-order chi connectivity index (χ0) is 24.2. The minimum absolute atomic E-state index is 0.0476. The van der Waals surface area contributed by atoms with E-state index in [-0.39, 0.29) is 12.1 Å². The third kappa shape index (κ3) is 5.24. The molecule has 182 valence electrons. The number of pyridine rings is 1. The number of aromatic amines is 1. The number of H-pyrrole nitrogens is 1. The molecule has 1 unspecified atom stereocenters. The normalized spacial score (nSPS) is 16.4. The van der Waals surface area contributed by atoms with Crippen molar-refractivity contribution in [3.8, 4) is 17.3 Å². The van der Waals surface area contributed by atoms with Crippen LogP contribution in [0.15, 0.2) is 47.1 Å². The molecule has 5 heterocycles. The molecule has 4 aromatic rings. The molecule has 2 atom stereocenters. The van der Waals surface area contributed by atoms with Crippen LogP contribution < -0.4 is 15.0 Å². The number of aromatic nitrogens is 6. The number of ether oxygens (including phenoxy) is 2. The van der Waals surface area contributed by atoms with Gasteiger partial charge in [0.05, 0.1) is 17.8 Å². The summed E-state index contributed by atoms with van der Waals surface area (Å²) in [5.41, 5.74) is 2.42. The van der Waals surface area contributed by atoms with Crippen molar-refractivity contribution in [3.05, 3.63) is 54.0 Å². The fourth-order valence-corrected chi connectivity index (χ4v) is 3.95. The van der Waals surface area contributed by atoms with Crippen molar-refractivity contribution >= 4 is 17.6 Å². The van der Waals surface area contributed by atoms with Crippen LogP contribution in [0.2, 0.25) is 0 Å². The van der Waals surface area contributed by atoms with Gasteiger partial charge in [0.1, 0.15) is 18.1 Å². The summed E-state index contributed by atoms with van der Waals surface area (Å²) in [6.45, 7) is 5.03. The highest BCUT2D eigenvalue weighted by molar-refractivity contribution is 5.57. The molecule has 1 aliphatic rings. The van der Waals surface area contributed by atoms with Crippen LogP contribution in [0.4, 0.5) is 17.6 Å². The molecule has 0 aromatic carbocycles. The van der Waals surface area contributed by atoms with Crippen molar-refractivity contribution in [2.45, 2.75) is 38.8 Å². The Labute approximate surface area is 202 Å². The molecule has 1 saturated heterocycles. The zero-order valence-corrected chi connectivity index (χ0v) is 19.9. The molecular formula is C24H28N8O3. The van der Waals surface area contributed by atoms with Gasteiger partial charge in [-0.3, -0.25) is 10.1 Å². The van der Waals surface area contributed by atoms with Crippen molar-refractivity contribution in [1.82, 2.24) is 30.3 Å². The Balaban J connectivity index is 1.43. The first-order chi connectivity index (χ1) is 17.1. The highest BCUT2D eigenvalue weighted by atomic mass is 16.5. The SMILES string of the molecule is CO[C@@H](C)COc1cc(Nc2cc(C)[nH]n2)nc(N2CCCC2c2cc(-c3ccccn3)no2)n1. The number of anilines is 3. The Morgan fingerprint density at radius 2 is 2.11 bits per heavy atom. The van der Waals surface area contributed by atoms with Gasteiger partial charge in [0.2, 0.25) is 11.8 Å². The van der Waals surface area contributed by atoms with Gasteiger partial charge in [-0.25, -0.2) is 0 Å². The molecular weight excluding hydrogens is 448 g/mol. The van der Waals surface area contributed by atoms with Crippen LogP contribution in [0, 0.1) is 6.92 Å². The van der Waals surface area contributed by atoms with Crippen molar-refractivity contribution in [2.75, 3.05) is 30.5 Å². The zero-order valence-electron chi connectivity index (χ0n) is 19.9. The molecule has 5 rings (SSSR count). The van der Waals surface area contributed by atoms with Gasteiger partial charge in [-0.15, -0.1) is 0 Å². The lowest BCUT2D eigenvalue weighted by atomic mass is 10.1. The molecule has 0 radical (unpaired) electrons. The van der Waals surface area contributed by atoms with Crippen LogP contribution in [0.1, 0.15) is 37.3 Å². The van der Waals surface area contributed by atoms with Crippen LogP contribution in [-0.2, 0) is 4.74 Å². The maximum absolute atomic E-state index is 5.93. The summed E-state index contributed by atoms with van der Waals surface area (Å²) in [7, 11) is 1.65. The van der Waals surface area contributed by atoms with Crippen LogP contribution >= 0.6 is 0 Å². The monoisotopic (exact) mass is 476 g/mol. The molecule has 11 heteroatoms. The first-order valence-electron chi connectivity index (χ1n) is 11.6. The summed E-state index contributed by atoms with van der Waals surface area (Å²) in [5.74, 6) is 2.99. The summed E-state index contributed by atoms with van der Waals surface area (Å²) in [6, 6.07) is 11.3. The van der Waals surface area contributed by atoms with E-state index in [1.807, 2.05) is 44.2 Å². The lowest BCUT2D eigenvalue weighted by Crippen LogP contribution is -2.25. The molecule has 0 spiro atoms. The Morgan fingerprint density at radius 1 is 1.20 bits per heavy atom. The highest BCUT2D eigenvalue weighted by Crippen LogP contribution is 2.37. The van der Waals surface area contributed by atoms with Gasteiger partial charge in [-0.1, -0.05) is 11.2 Å². The van der Waals surface area contributed by atoms with E-state index in [2.05, 4.69) is 30.6 Å². The number of methoxy groups -OCH3 is 1. The summed E-state index contributed by atoms with van der Waals surface area (Å²) in [5, 5.41) is 14.7. The third-order valence-electron chi connectivity index (χ3n) is 5.82. The summed E-state index contributed by atoms with van der Waals surface area (Å²) in [6.07, 6.45) is 3.54. The molecule has 2 N–H and O–H groups in total. The third-order valence-corrected chi connectivity index (χ3v) is 5.82. The van der Waals surface area contributed by atoms with Crippen LogP contribution in [0.5, 0.6) is 5.88 Å². The van der Waals surface area contributed by atoms with E-state index >= 15 is 0 Å². The van der Waals surface area contributed by atoms with Gasteiger partial charge in [-0.05, 0) is 38.8 Å². The molecule has 35 heavy (non-hydrogen) atoms. The van der Waals surface area contributed by atoms with E-state index in [4.69, 9.17) is 24.0 Å². The molecule has 4 aromatic heterocycles. The lowest BCUT2D eigenvalue weighted by Gasteiger charge is -2.23. The summed E-state index contributed by atoms with van der Waals surface area (Å²) in [4.78, 5) is 16.0. The number of nitrogens with zero attached hydrogens (tertiary/aromatic N) is 6. The maximum atomic E-state index is 5.93. The fourth-order valence-electron chi connectivity index (χ4n) is 3.95. The number of aryl methyl sites for hydroxylation is 1. The molecule has 0 bridgehead atoms. The molecule has 0 saturated carbocycles. The smallest absolute Gasteiger partial charge is 0.231 e. The molecule has 0 aliphatic carbocycles. The number of hydrogen-bond donors (Lipinski definition) is 2. The Bertz CT molecular complexity index is 1260. The van der Waals surface area contributed by atoms with Gasteiger partial charge in [0.25, 0.3) is 0 Å². The van der Waals surface area contributed by atoms with Crippen molar-refractivity contribution in [3.63, 3.8) is 0 Å². The minimum atomic E-state index is -0.0717. The highest BCUT2D eigenvalue weighted by Gasteiger charge is 2.32. The van der Waals surface area contributed by atoms with E-state index in [1.54, 1.807) is 19.4 Å². The first kappa shape index (κ1) is 22.8. The summed E-state index contributed by atoms with van der Waals surface area (Å²) < 4.78 is 17.0.